The summed E-state index contributed by atoms with van der Waals surface area (Å²) in [4.78, 5) is 23.0. The van der Waals surface area contributed by atoms with Crippen molar-refractivity contribution in [2.45, 2.75) is 122 Å². The van der Waals surface area contributed by atoms with Crippen LogP contribution in [0, 0.1) is 0 Å². The maximum absolute atomic E-state index is 11.9. The molecule has 0 aliphatic rings. The molecule has 0 spiro atoms. The van der Waals surface area contributed by atoms with E-state index in [0.29, 0.717) is 12.8 Å². The molecule has 0 aromatic carbocycles. The molecule has 0 fully saturated rings. The summed E-state index contributed by atoms with van der Waals surface area (Å²) in [6.07, 6.45) is 22.4. The molecule has 0 aliphatic carbocycles. The zero-order chi connectivity index (χ0) is 20.9. The fourth-order valence-corrected chi connectivity index (χ4v) is 3.89. The Labute approximate surface area is 178 Å². The Balaban J connectivity index is 3.38. The van der Waals surface area contributed by atoms with Gasteiger partial charge in [-0.2, -0.15) is 11.8 Å². The topological polar surface area (TPSA) is 66.4 Å². The van der Waals surface area contributed by atoms with Gasteiger partial charge in [0.25, 0.3) is 0 Å². The van der Waals surface area contributed by atoms with Gasteiger partial charge in [-0.25, -0.2) is 4.79 Å². The lowest BCUT2D eigenvalue weighted by Gasteiger charge is -2.13. The number of carbonyl (C=O) groups excluding carboxylic acids is 1. The highest BCUT2D eigenvalue weighted by Crippen LogP contribution is 2.13. The summed E-state index contributed by atoms with van der Waals surface area (Å²) < 4.78 is 0. The molecule has 0 heterocycles. The van der Waals surface area contributed by atoms with Crippen LogP contribution >= 0.6 is 11.8 Å². The van der Waals surface area contributed by atoms with Crippen LogP contribution in [0.2, 0.25) is 0 Å². The second-order valence-electron chi connectivity index (χ2n) is 7.94. The minimum atomic E-state index is -0.932. The van der Waals surface area contributed by atoms with Crippen molar-refractivity contribution < 1.29 is 14.7 Å². The molecule has 0 bridgehead atoms. The molecule has 1 amide bonds. The van der Waals surface area contributed by atoms with E-state index in [1.807, 2.05) is 6.26 Å². The first-order valence-electron chi connectivity index (χ1n) is 11.6. The zero-order valence-corrected chi connectivity index (χ0v) is 19.3. The second-order valence-corrected chi connectivity index (χ2v) is 8.93. The molecule has 0 aliphatic heterocycles. The van der Waals surface area contributed by atoms with Crippen LogP contribution in [0.25, 0.3) is 0 Å². The first-order chi connectivity index (χ1) is 13.6. The van der Waals surface area contributed by atoms with Crippen molar-refractivity contribution in [2.75, 3.05) is 12.0 Å². The van der Waals surface area contributed by atoms with Gasteiger partial charge in [0.15, 0.2) is 0 Å². The first kappa shape index (κ1) is 27.3. The standard InChI is InChI=1S/C23H45NO3S/c1-3-4-5-6-7-8-9-10-11-12-13-14-15-16-17-18-22(25)24-21(23(26)27)19-20-28-2/h21H,3-20H2,1-2H3,(H,24,25)(H,26,27)/t21-/m1/s1. The number of amides is 1. The van der Waals surface area contributed by atoms with Crippen molar-refractivity contribution in [3.8, 4) is 0 Å². The molecule has 0 unspecified atom stereocenters. The third-order valence-corrected chi connectivity index (χ3v) is 5.90. The Morgan fingerprint density at radius 3 is 1.61 bits per heavy atom. The monoisotopic (exact) mass is 415 g/mol. The second kappa shape index (κ2) is 21.0. The Kier molecular flexibility index (Phi) is 20.5. The van der Waals surface area contributed by atoms with Gasteiger partial charge in [-0.1, -0.05) is 96.8 Å². The van der Waals surface area contributed by atoms with Gasteiger partial charge >= 0.3 is 5.97 Å². The summed E-state index contributed by atoms with van der Waals surface area (Å²) in [7, 11) is 0. The van der Waals surface area contributed by atoms with Gasteiger partial charge in [-0.3, -0.25) is 4.79 Å². The van der Waals surface area contributed by atoms with E-state index in [0.717, 1.165) is 18.6 Å². The van der Waals surface area contributed by atoms with Gasteiger partial charge in [-0.05, 0) is 24.9 Å². The molecule has 2 N–H and O–H groups in total. The summed E-state index contributed by atoms with van der Waals surface area (Å²) in [5.74, 6) is -0.307. The normalized spacial score (nSPS) is 12.1. The van der Waals surface area contributed by atoms with Gasteiger partial charge in [0.05, 0.1) is 0 Å². The SMILES string of the molecule is CCCCCCCCCCCCCCCCCC(=O)N[C@H](CCSC)C(=O)O. The van der Waals surface area contributed by atoms with Crippen LogP contribution in [0.5, 0.6) is 0 Å². The average molecular weight is 416 g/mol. The Bertz CT molecular complexity index is 377. The number of carbonyl (C=O) groups is 2. The van der Waals surface area contributed by atoms with Crippen molar-refractivity contribution >= 4 is 23.6 Å². The van der Waals surface area contributed by atoms with E-state index >= 15 is 0 Å². The van der Waals surface area contributed by atoms with Crippen LogP contribution in [0.4, 0.5) is 0 Å². The van der Waals surface area contributed by atoms with Gasteiger partial charge < -0.3 is 10.4 Å². The van der Waals surface area contributed by atoms with Crippen LogP contribution in [-0.2, 0) is 9.59 Å². The highest BCUT2D eigenvalue weighted by molar-refractivity contribution is 7.98. The molecule has 0 rings (SSSR count). The third-order valence-electron chi connectivity index (χ3n) is 5.25. The quantitative estimate of drug-likeness (QED) is 0.208. The molecular formula is C23H45NO3S. The predicted octanol–water partition coefficient (Wildman–Crippen LogP) is 6.57. The fourth-order valence-electron chi connectivity index (χ4n) is 3.42. The smallest absolute Gasteiger partial charge is 0.326 e. The Hall–Kier alpha value is -0.710. The predicted molar refractivity (Wildman–Crippen MR) is 122 cm³/mol. The lowest BCUT2D eigenvalue weighted by atomic mass is 10.0. The Morgan fingerprint density at radius 1 is 0.786 bits per heavy atom. The van der Waals surface area contributed by atoms with E-state index in [9.17, 15) is 9.59 Å². The maximum Gasteiger partial charge on any atom is 0.326 e. The first-order valence-corrected chi connectivity index (χ1v) is 13.0. The van der Waals surface area contributed by atoms with E-state index in [4.69, 9.17) is 5.11 Å². The highest BCUT2D eigenvalue weighted by atomic mass is 32.2. The molecule has 4 nitrogen and oxygen atoms in total. The number of hydrogen-bond donors (Lipinski definition) is 2. The minimum Gasteiger partial charge on any atom is -0.480 e. The van der Waals surface area contributed by atoms with Gasteiger partial charge in [0, 0.05) is 6.42 Å². The summed E-state index contributed by atoms with van der Waals surface area (Å²) in [6, 6.07) is -0.740. The Morgan fingerprint density at radius 2 is 1.21 bits per heavy atom. The number of carboxylic acids is 1. The maximum atomic E-state index is 11.9. The number of hydrogen-bond acceptors (Lipinski definition) is 3. The molecule has 0 aromatic heterocycles. The number of aliphatic carboxylic acids is 1. The fraction of sp³-hybridized carbons (Fsp3) is 0.913. The van der Waals surface area contributed by atoms with Crippen LogP contribution < -0.4 is 5.32 Å². The van der Waals surface area contributed by atoms with E-state index in [1.54, 1.807) is 11.8 Å². The van der Waals surface area contributed by atoms with Crippen LogP contribution in [0.3, 0.4) is 0 Å². The van der Waals surface area contributed by atoms with Gasteiger partial charge in [-0.15, -0.1) is 0 Å². The molecule has 0 radical (unpaired) electrons. The van der Waals surface area contributed by atoms with Crippen molar-refractivity contribution in [3.63, 3.8) is 0 Å². The van der Waals surface area contributed by atoms with Crippen molar-refractivity contribution in [1.82, 2.24) is 5.32 Å². The molecule has 166 valence electrons. The lowest BCUT2D eigenvalue weighted by Crippen LogP contribution is -2.41. The molecule has 28 heavy (non-hydrogen) atoms. The van der Waals surface area contributed by atoms with Crippen molar-refractivity contribution in [2.24, 2.45) is 0 Å². The van der Waals surface area contributed by atoms with Crippen LogP contribution in [0.1, 0.15) is 116 Å². The van der Waals surface area contributed by atoms with Crippen molar-refractivity contribution in [3.05, 3.63) is 0 Å². The molecule has 5 heteroatoms. The zero-order valence-electron chi connectivity index (χ0n) is 18.5. The molecular weight excluding hydrogens is 370 g/mol. The molecule has 0 saturated carbocycles. The number of rotatable bonds is 21. The third kappa shape index (κ3) is 18.6. The summed E-state index contributed by atoms with van der Waals surface area (Å²) >= 11 is 1.60. The minimum absolute atomic E-state index is 0.122. The van der Waals surface area contributed by atoms with Crippen LogP contribution in [0.15, 0.2) is 0 Å². The molecule has 0 aromatic rings. The summed E-state index contributed by atoms with van der Waals surface area (Å²) in [5.41, 5.74) is 0. The molecule has 0 saturated heterocycles. The summed E-state index contributed by atoms with van der Waals surface area (Å²) in [5, 5.41) is 11.8. The number of carboxylic acid groups (broad SMARTS) is 1. The van der Waals surface area contributed by atoms with E-state index in [1.165, 1.54) is 83.5 Å². The van der Waals surface area contributed by atoms with Gasteiger partial charge in [0.1, 0.15) is 6.04 Å². The number of thioether (sulfide) groups is 1. The lowest BCUT2D eigenvalue weighted by molar-refractivity contribution is -0.141. The largest absolute Gasteiger partial charge is 0.480 e. The van der Waals surface area contributed by atoms with E-state index < -0.39 is 12.0 Å². The number of nitrogens with one attached hydrogen (secondary N) is 1. The van der Waals surface area contributed by atoms with E-state index in [2.05, 4.69) is 12.2 Å². The van der Waals surface area contributed by atoms with Crippen molar-refractivity contribution in [1.29, 1.82) is 0 Å². The average Bonchev–Trinajstić information content (AvgIpc) is 2.67. The summed E-state index contributed by atoms with van der Waals surface area (Å²) in [6.45, 7) is 2.27. The number of unbranched alkanes of at least 4 members (excludes halogenated alkanes) is 14. The van der Waals surface area contributed by atoms with Crippen LogP contribution in [-0.4, -0.2) is 35.0 Å². The molecule has 1 atom stereocenters. The highest BCUT2D eigenvalue weighted by Gasteiger charge is 2.18. The van der Waals surface area contributed by atoms with E-state index in [-0.39, 0.29) is 5.91 Å². The van der Waals surface area contributed by atoms with Gasteiger partial charge in [0.2, 0.25) is 5.91 Å².